The minimum atomic E-state index is -4.83. The highest BCUT2D eigenvalue weighted by atomic mass is 35.5. The smallest absolute Gasteiger partial charge is 0.425 e. The number of aliphatic hydroxyl groups excluding tert-OH is 1. The molecular formula is C22H21ClF5N3O4. The Labute approximate surface area is 201 Å². The zero-order valence-corrected chi connectivity index (χ0v) is 19.0. The maximum absolute atomic E-state index is 14.8. The van der Waals surface area contributed by atoms with E-state index in [1.54, 1.807) is 0 Å². The molecule has 0 radical (unpaired) electrons. The molecule has 1 aliphatic heterocycles. The first-order chi connectivity index (χ1) is 16.4. The number of carbonyl (C=O) groups is 2. The van der Waals surface area contributed by atoms with Gasteiger partial charge in [-0.1, -0.05) is 17.7 Å². The second-order valence-electron chi connectivity index (χ2n) is 7.78. The fourth-order valence-electron chi connectivity index (χ4n) is 3.46. The third kappa shape index (κ3) is 6.12. The number of amides is 3. The van der Waals surface area contributed by atoms with Gasteiger partial charge in [0.2, 0.25) is 0 Å². The lowest BCUT2D eigenvalue weighted by molar-refractivity contribution is -0.189. The number of carbonyl (C=O) groups excluding carboxylic acids is 2. The van der Waals surface area contributed by atoms with Crippen molar-refractivity contribution in [3.8, 4) is 5.75 Å². The summed E-state index contributed by atoms with van der Waals surface area (Å²) in [6.07, 6.45) is -6.10. The minimum Gasteiger partial charge on any atom is -0.480 e. The topological polar surface area (TPSA) is 90.9 Å². The van der Waals surface area contributed by atoms with Gasteiger partial charge in [-0.3, -0.25) is 4.79 Å². The average molecular weight is 522 g/mol. The van der Waals surface area contributed by atoms with E-state index in [9.17, 15) is 36.6 Å². The molecule has 35 heavy (non-hydrogen) atoms. The number of nitrogens with one attached hydrogen (secondary N) is 2. The van der Waals surface area contributed by atoms with E-state index in [-0.39, 0.29) is 18.2 Å². The van der Waals surface area contributed by atoms with Gasteiger partial charge in [0.05, 0.1) is 34.6 Å². The van der Waals surface area contributed by atoms with E-state index in [4.69, 9.17) is 16.3 Å². The Morgan fingerprint density at radius 1 is 1.23 bits per heavy atom. The second-order valence-corrected chi connectivity index (χ2v) is 8.19. The monoisotopic (exact) mass is 521 g/mol. The van der Waals surface area contributed by atoms with E-state index in [2.05, 4.69) is 10.6 Å². The highest BCUT2D eigenvalue weighted by Gasteiger charge is 2.39. The summed E-state index contributed by atoms with van der Waals surface area (Å²) in [5.41, 5.74) is -1.70. The number of rotatable bonds is 6. The average Bonchev–Trinajstić information content (AvgIpc) is 3.26. The van der Waals surface area contributed by atoms with Crippen molar-refractivity contribution in [1.82, 2.24) is 4.90 Å². The van der Waals surface area contributed by atoms with Crippen molar-refractivity contribution >= 4 is 34.9 Å². The highest BCUT2D eigenvalue weighted by molar-refractivity contribution is 6.34. The SMILES string of the molecule is C[C@H](Oc1cc(NC(=O)N2CCCC2CO)c(F)cc1C(=O)Nc1c(F)cccc1Cl)C(F)(F)F. The zero-order chi connectivity index (χ0) is 25.9. The molecule has 190 valence electrons. The summed E-state index contributed by atoms with van der Waals surface area (Å²) in [6.45, 7) is 0.648. The number of anilines is 2. The molecule has 0 bridgehead atoms. The number of urea groups is 1. The van der Waals surface area contributed by atoms with Crippen LogP contribution in [0.4, 0.5) is 38.1 Å². The molecule has 1 saturated heterocycles. The Balaban J connectivity index is 1.95. The van der Waals surface area contributed by atoms with Gasteiger partial charge >= 0.3 is 12.2 Å². The number of ether oxygens (including phenoxy) is 1. The van der Waals surface area contributed by atoms with Gasteiger partial charge < -0.3 is 25.4 Å². The predicted octanol–water partition coefficient (Wildman–Crippen LogP) is 5.19. The van der Waals surface area contributed by atoms with Crippen LogP contribution in [-0.4, -0.2) is 53.4 Å². The van der Waals surface area contributed by atoms with Crippen molar-refractivity contribution in [2.24, 2.45) is 0 Å². The molecule has 3 N–H and O–H groups in total. The van der Waals surface area contributed by atoms with Crippen LogP contribution in [-0.2, 0) is 0 Å². The molecule has 7 nitrogen and oxygen atoms in total. The molecule has 1 aliphatic rings. The molecule has 2 atom stereocenters. The molecule has 3 amide bonds. The van der Waals surface area contributed by atoms with E-state index < -0.39 is 64.6 Å². The van der Waals surface area contributed by atoms with Crippen LogP contribution >= 0.6 is 11.6 Å². The molecule has 1 heterocycles. The lowest BCUT2D eigenvalue weighted by atomic mass is 10.1. The largest absolute Gasteiger partial charge is 0.480 e. The normalized spacial score (nSPS) is 16.7. The first-order valence-corrected chi connectivity index (χ1v) is 10.8. The third-order valence-corrected chi connectivity index (χ3v) is 5.69. The van der Waals surface area contributed by atoms with Crippen LogP contribution in [0.2, 0.25) is 5.02 Å². The number of hydrogen-bond acceptors (Lipinski definition) is 4. The van der Waals surface area contributed by atoms with Crippen molar-refractivity contribution in [2.45, 2.75) is 38.1 Å². The van der Waals surface area contributed by atoms with Gasteiger partial charge in [0, 0.05) is 12.6 Å². The Morgan fingerprint density at radius 2 is 1.94 bits per heavy atom. The molecule has 13 heteroatoms. The lowest BCUT2D eigenvalue weighted by Crippen LogP contribution is -2.40. The molecule has 1 fully saturated rings. The maximum Gasteiger partial charge on any atom is 0.425 e. The number of aliphatic hydroxyl groups is 1. The molecule has 2 aromatic carbocycles. The fraction of sp³-hybridized carbons (Fsp3) is 0.364. The van der Waals surface area contributed by atoms with E-state index in [0.717, 1.165) is 12.1 Å². The number of benzene rings is 2. The Kier molecular flexibility index (Phi) is 8.06. The van der Waals surface area contributed by atoms with Crippen molar-refractivity contribution < 1.29 is 41.4 Å². The molecule has 0 aliphatic carbocycles. The fourth-order valence-corrected chi connectivity index (χ4v) is 3.67. The van der Waals surface area contributed by atoms with Gasteiger partial charge in [0.15, 0.2) is 6.10 Å². The number of hydrogen-bond donors (Lipinski definition) is 3. The first-order valence-electron chi connectivity index (χ1n) is 10.4. The Morgan fingerprint density at radius 3 is 2.57 bits per heavy atom. The van der Waals surface area contributed by atoms with Crippen molar-refractivity contribution in [1.29, 1.82) is 0 Å². The number of likely N-dealkylation sites (tertiary alicyclic amines) is 1. The zero-order valence-electron chi connectivity index (χ0n) is 18.3. The maximum atomic E-state index is 14.8. The van der Waals surface area contributed by atoms with Gasteiger partial charge in [0.1, 0.15) is 17.4 Å². The van der Waals surface area contributed by atoms with Crippen LogP contribution in [0.5, 0.6) is 5.75 Å². The summed E-state index contributed by atoms with van der Waals surface area (Å²) in [5, 5.41) is 13.5. The molecular weight excluding hydrogens is 501 g/mol. The summed E-state index contributed by atoms with van der Waals surface area (Å²) < 4.78 is 73.2. The Bertz CT molecular complexity index is 1090. The summed E-state index contributed by atoms with van der Waals surface area (Å²) in [4.78, 5) is 26.6. The van der Waals surface area contributed by atoms with Crippen molar-refractivity contribution in [2.75, 3.05) is 23.8 Å². The Hall–Kier alpha value is -3.12. The van der Waals surface area contributed by atoms with Gasteiger partial charge in [-0.2, -0.15) is 13.2 Å². The quantitative estimate of drug-likeness (QED) is 0.456. The van der Waals surface area contributed by atoms with Gasteiger partial charge in [-0.25, -0.2) is 13.6 Å². The van der Waals surface area contributed by atoms with E-state index in [1.807, 2.05) is 0 Å². The van der Waals surface area contributed by atoms with Crippen LogP contribution < -0.4 is 15.4 Å². The summed E-state index contributed by atoms with van der Waals surface area (Å²) in [7, 11) is 0. The first kappa shape index (κ1) is 26.5. The number of halogens is 6. The van der Waals surface area contributed by atoms with Crippen LogP contribution in [0, 0.1) is 11.6 Å². The molecule has 3 rings (SSSR count). The molecule has 0 spiro atoms. The van der Waals surface area contributed by atoms with Gasteiger partial charge in [0.25, 0.3) is 5.91 Å². The summed E-state index contributed by atoms with van der Waals surface area (Å²) in [5.74, 6) is -3.99. The summed E-state index contributed by atoms with van der Waals surface area (Å²) >= 11 is 5.87. The molecule has 1 unspecified atom stereocenters. The number of nitrogens with zero attached hydrogens (tertiary/aromatic N) is 1. The van der Waals surface area contributed by atoms with Crippen LogP contribution in [0.25, 0.3) is 0 Å². The molecule has 2 aromatic rings. The summed E-state index contributed by atoms with van der Waals surface area (Å²) in [6, 6.07) is 3.54. The van der Waals surface area contributed by atoms with E-state index in [0.29, 0.717) is 25.8 Å². The van der Waals surface area contributed by atoms with Crippen molar-refractivity contribution in [3.63, 3.8) is 0 Å². The number of alkyl halides is 3. The molecule has 0 saturated carbocycles. The van der Waals surface area contributed by atoms with E-state index in [1.165, 1.54) is 17.0 Å². The van der Waals surface area contributed by atoms with Gasteiger partial charge in [-0.15, -0.1) is 0 Å². The predicted molar refractivity (Wildman–Crippen MR) is 118 cm³/mol. The highest BCUT2D eigenvalue weighted by Crippen LogP contribution is 2.33. The molecule has 0 aromatic heterocycles. The third-order valence-electron chi connectivity index (χ3n) is 5.37. The van der Waals surface area contributed by atoms with Crippen LogP contribution in [0.3, 0.4) is 0 Å². The number of para-hydroxylation sites is 1. The van der Waals surface area contributed by atoms with E-state index >= 15 is 0 Å². The van der Waals surface area contributed by atoms with Crippen LogP contribution in [0.15, 0.2) is 30.3 Å². The lowest BCUT2D eigenvalue weighted by Gasteiger charge is -2.24. The van der Waals surface area contributed by atoms with Crippen LogP contribution in [0.1, 0.15) is 30.1 Å². The van der Waals surface area contributed by atoms with Gasteiger partial charge in [-0.05, 0) is 38.0 Å². The van der Waals surface area contributed by atoms with Crippen molar-refractivity contribution in [3.05, 3.63) is 52.6 Å². The standard InChI is InChI=1S/C22H21ClF5N3O4/c1-11(22(26,27)28)35-18-9-17(29-21(34)31-7-3-4-12(31)10-32)16(25)8-13(18)20(33)30-19-14(23)5-2-6-15(19)24/h2,5-6,8-9,11-12,32H,3-4,7,10H2,1H3,(H,29,34)(H,30,33)/t11-,12?/m0/s1. The second kappa shape index (κ2) is 10.6. The minimum absolute atomic E-state index is 0.196.